The summed E-state index contributed by atoms with van der Waals surface area (Å²) in [7, 11) is 0. The number of hydrogen-bond donors (Lipinski definition) is 1. The zero-order valence-electron chi connectivity index (χ0n) is 11.8. The minimum Gasteiger partial charge on any atom is -0.506 e. The predicted octanol–water partition coefficient (Wildman–Crippen LogP) is 3.79. The molecule has 3 nitrogen and oxygen atoms in total. The van der Waals surface area contributed by atoms with Crippen LogP contribution in [0.1, 0.15) is 23.2 Å². The molecule has 1 fully saturated rings. The lowest BCUT2D eigenvalue weighted by molar-refractivity contribution is 0.0696. The zero-order valence-corrected chi connectivity index (χ0v) is 13.3. The Bertz CT molecular complexity index is 663. The van der Waals surface area contributed by atoms with Crippen molar-refractivity contribution in [2.45, 2.75) is 12.8 Å². The summed E-state index contributed by atoms with van der Waals surface area (Å²) < 4.78 is 0. The largest absolute Gasteiger partial charge is 0.506 e. The van der Waals surface area contributed by atoms with Gasteiger partial charge in [0.25, 0.3) is 5.91 Å². The fraction of sp³-hybridized carbons (Fsp3) is 0.353. The van der Waals surface area contributed by atoms with Crippen LogP contribution in [0.4, 0.5) is 0 Å². The number of nitrogens with zero attached hydrogens (tertiary/aromatic N) is 1. The van der Waals surface area contributed by atoms with Crippen LogP contribution in [0.2, 0.25) is 0 Å². The lowest BCUT2D eigenvalue weighted by Crippen LogP contribution is -2.38. The molecule has 0 unspecified atom stereocenters. The molecule has 0 atom stereocenters. The van der Waals surface area contributed by atoms with Gasteiger partial charge < -0.3 is 10.0 Å². The number of halogens is 1. The number of alkyl halides is 1. The molecule has 2 aromatic rings. The van der Waals surface area contributed by atoms with E-state index in [1.165, 1.54) is 0 Å². The minimum absolute atomic E-state index is 0.0636. The number of benzene rings is 2. The first kappa shape index (κ1) is 14.4. The Hall–Kier alpha value is -1.55. The van der Waals surface area contributed by atoms with Crippen molar-refractivity contribution in [3.05, 3.63) is 42.0 Å². The topological polar surface area (TPSA) is 40.5 Å². The highest BCUT2D eigenvalue weighted by atomic mass is 79.9. The standard InChI is InChI=1S/C17H18BrNO2/c18-11-12-7-9-19(10-8-12)17(21)15-6-5-13-3-1-2-4-14(13)16(15)20/h1-6,12,20H,7-11H2. The van der Waals surface area contributed by atoms with Crippen LogP contribution in [-0.2, 0) is 0 Å². The summed E-state index contributed by atoms with van der Waals surface area (Å²) in [6.45, 7) is 1.53. The Balaban J connectivity index is 1.87. The van der Waals surface area contributed by atoms with Crippen LogP contribution < -0.4 is 0 Å². The number of hydrogen-bond acceptors (Lipinski definition) is 2. The van der Waals surface area contributed by atoms with Gasteiger partial charge in [0.2, 0.25) is 0 Å². The molecule has 1 aliphatic heterocycles. The summed E-state index contributed by atoms with van der Waals surface area (Å²) in [6, 6.07) is 11.2. The van der Waals surface area contributed by atoms with Crippen LogP contribution in [0, 0.1) is 5.92 Å². The Kier molecular flexibility index (Phi) is 4.15. The average Bonchev–Trinajstić information content (AvgIpc) is 2.55. The van der Waals surface area contributed by atoms with Gasteiger partial charge >= 0.3 is 0 Å². The maximum Gasteiger partial charge on any atom is 0.257 e. The second-order valence-corrected chi connectivity index (χ2v) is 6.22. The highest BCUT2D eigenvalue weighted by Gasteiger charge is 2.25. The van der Waals surface area contributed by atoms with Crippen molar-refractivity contribution in [2.24, 2.45) is 5.92 Å². The zero-order chi connectivity index (χ0) is 14.8. The van der Waals surface area contributed by atoms with Crippen molar-refractivity contribution >= 4 is 32.6 Å². The van der Waals surface area contributed by atoms with Gasteiger partial charge in [-0.15, -0.1) is 0 Å². The van der Waals surface area contributed by atoms with Gasteiger partial charge in [0.1, 0.15) is 5.75 Å². The SMILES string of the molecule is O=C(c1ccc2ccccc2c1O)N1CCC(CBr)CC1. The van der Waals surface area contributed by atoms with Crippen LogP contribution in [0.5, 0.6) is 5.75 Å². The number of phenols is 1. The number of likely N-dealkylation sites (tertiary alicyclic amines) is 1. The molecule has 0 radical (unpaired) electrons. The van der Waals surface area contributed by atoms with E-state index < -0.39 is 0 Å². The number of aromatic hydroxyl groups is 1. The third kappa shape index (κ3) is 2.77. The molecule has 1 amide bonds. The van der Waals surface area contributed by atoms with Gasteiger partial charge in [-0.3, -0.25) is 4.79 Å². The van der Waals surface area contributed by atoms with Gasteiger partial charge in [0.15, 0.2) is 0 Å². The first-order chi connectivity index (χ1) is 10.2. The van der Waals surface area contributed by atoms with E-state index in [-0.39, 0.29) is 11.7 Å². The molecule has 1 saturated heterocycles. The molecule has 110 valence electrons. The summed E-state index contributed by atoms with van der Waals surface area (Å²) in [4.78, 5) is 14.5. The monoisotopic (exact) mass is 347 g/mol. The smallest absolute Gasteiger partial charge is 0.257 e. The predicted molar refractivity (Wildman–Crippen MR) is 88.0 cm³/mol. The van der Waals surface area contributed by atoms with E-state index in [1.807, 2.05) is 35.2 Å². The van der Waals surface area contributed by atoms with Crippen molar-refractivity contribution in [1.29, 1.82) is 0 Å². The van der Waals surface area contributed by atoms with E-state index in [2.05, 4.69) is 15.9 Å². The molecule has 0 saturated carbocycles. The highest BCUT2D eigenvalue weighted by Crippen LogP contribution is 2.30. The lowest BCUT2D eigenvalue weighted by Gasteiger charge is -2.31. The van der Waals surface area contributed by atoms with E-state index in [9.17, 15) is 9.90 Å². The van der Waals surface area contributed by atoms with E-state index >= 15 is 0 Å². The first-order valence-electron chi connectivity index (χ1n) is 7.26. The van der Waals surface area contributed by atoms with Crippen LogP contribution >= 0.6 is 15.9 Å². The molecule has 2 aromatic carbocycles. The summed E-state index contributed by atoms with van der Waals surface area (Å²) in [5.74, 6) is 0.686. The Morgan fingerprint density at radius 1 is 1.19 bits per heavy atom. The third-order valence-corrected chi connectivity index (χ3v) is 5.17. The van der Waals surface area contributed by atoms with Gasteiger partial charge in [-0.25, -0.2) is 0 Å². The summed E-state index contributed by atoms with van der Waals surface area (Å²) in [6.07, 6.45) is 2.04. The van der Waals surface area contributed by atoms with Gasteiger partial charge in [0, 0.05) is 23.8 Å². The first-order valence-corrected chi connectivity index (χ1v) is 8.39. The minimum atomic E-state index is -0.0636. The number of amides is 1. The molecule has 0 spiro atoms. The van der Waals surface area contributed by atoms with Crippen LogP contribution in [-0.4, -0.2) is 34.3 Å². The molecule has 0 aromatic heterocycles. The Morgan fingerprint density at radius 2 is 1.90 bits per heavy atom. The second-order valence-electron chi connectivity index (χ2n) is 5.57. The molecule has 21 heavy (non-hydrogen) atoms. The summed E-state index contributed by atoms with van der Waals surface area (Å²) >= 11 is 3.51. The fourth-order valence-corrected chi connectivity index (χ4v) is 3.54. The normalized spacial score (nSPS) is 16.3. The number of carbonyl (C=O) groups excluding carboxylic acids is 1. The molecule has 1 aliphatic rings. The van der Waals surface area contributed by atoms with Crippen LogP contribution in [0.25, 0.3) is 10.8 Å². The Labute approximate surface area is 132 Å². The van der Waals surface area contributed by atoms with E-state index in [4.69, 9.17) is 0 Å². The molecule has 1 heterocycles. The number of phenolic OH excluding ortho intramolecular Hbond substituents is 1. The molecular formula is C17H18BrNO2. The van der Waals surface area contributed by atoms with Gasteiger partial charge in [-0.2, -0.15) is 0 Å². The molecule has 3 rings (SSSR count). The quantitative estimate of drug-likeness (QED) is 0.839. The lowest BCUT2D eigenvalue weighted by atomic mass is 9.98. The number of fused-ring (bicyclic) bond motifs is 1. The maximum absolute atomic E-state index is 12.6. The van der Waals surface area contributed by atoms with Gasteiger partial charge in [-0.1, -0.05) is 46.3 Å². The van der Waals surface area contributed by atoms with E-state index in [1.54, 1.807) is 6.07 Å². The van der Waals surface area contributed by atoms with Crippen molar-refractivity contribution in [2.75, 3.05) is 18.4 Å². The van der Waals surface area contributed by atoms with Crippen molar-refractivity contribution in [1.82, 2.24) is 4.90 Å². The van der Waals surface area contributed by atoms with Crippen molar-refractivity contribution < 1.29 is 9.90 Å². The van der Waals surface area contributed by atoms with E-state index in [0.29, 0.717) is 11.5 Å². The summed E-state index contributed by atoms with van der Waals surface area (Å²) in [5, 5.41) is 13.1. The molecule has 1 N–H and O–H groups in total. The number of piperidine rings is 1. The second kappa shape index (κ2) is 6.06. The third-order valence-electron chi connectivity index (χ3n) is 4.25. The Morgan fingerprint density at radius 3 is 2.62 bits per heavy atom. The fourth-order valence-electron chi connectivity index (χ4n) is 2.89. The number of rotatable bonds is 2. The van der Waals surface area contributed by atoms with E-state index in [0.717, 1.165) is 42.0 Å². The van der Waals surface area contributed by atoms with Gasteiger partial charge in [-0.05, 0) is 30.2 Å². The number of carbonyl (C=O) groups is 1. The molecule has 0 aliphatic carbocycles. The molecule has 4 heteroatoms. The maximum atomic E-state index is 12.6. The molecular weight excluding hydrogens is 330 g/mol. The highest BCUT2D eigenvalue weighted by molar-refractivity contribution is 9.09. The average molecular weight is 348 g/mol. The van der Waals surface area contributed by atoms with Gasteiger partial charge in [0.05, 0.1) is 5.56 Å². The van der Waals surface area contributed by atoms with Crippen molar-refractivity contribution in [3.63, 3.8) is 0 Å². The van der Waals surface area contributed by atoms with Crippen LogP contribution in [0.15, 0.2) is 36.4 Å². The summed E-state index contributed by atoms with van der Waals surface area (Å²) in [5.41, 5.74) is 0.408. The van der Waals surface area contributed by atoms with Crippen molar-refractivity contribution in [3.8, 4) is 5.75 Å². The molecule has 0 bridgehead atoms. The van der Waals surface area contributed by atoms with Crippen LogP contribution in [0.3, 0.4) is 0 Å².